The van der Waals surface area contributed by atoms with Crippen LogP contribution in [0.4, 0.5) is 0 Å². The van der Waals surface area contributed by atoms with Gasteiger partial charge in [-0.3, -0.25) is 29.6 Å². The standard InChI is InChI=1S/C27H30N4O4/c1-35-15-23-27(8-2-9-27)16-30(23)13-17-7-10-28-21(11-17)18-3-4-20-19(12-18)14-31(26(20)34)22-5-6-24(32)29-25(22)33/h3-4,7,10-12,22-23H,2,5-6,8-9,13-16H2,1H3,(H,29,32,33). The van der Waals surface area contributed by atoms with Crippen LogP contribution in [0.5, 0.6) is 0 Å². The Morgan fingerprint density at radius 3 is 2.77 bits per heavy atom. The molecule has 2 unspecified atom stereocenters. The fourth-order valence-electron chi connectivity index (χ4n) is 6.32. The molecule has 1 N–H and O–H groups in total. The number of fused-ring (bicyclic) bond motifs is 1. The van der Waals surface area contributed by atoms with Crippen LogP contribution in [0.15, 0.2) is 36.5 Å². The van der Waals surface area contributed by atoms with Crippen molar-refractivity contribution in [2.24, 2.45) is 5.41 Å². The van der Waals surface area contributed by atoms with Gasteiger partial charge in [0.05, 0.1) is 12.3 Å². The second-order valence-electron chi connectivity index (χ2n) is 10.4. The molecular weight excluding hydrogens is 444 g/mol. The van der Waals surface area contributed by atoms with Gasteiger partial charge in [0, 0.05) is 61.9 Å². The fourth-order valence-corrected chi connectivity index (χ4v) is 6.32. The molecular formula is C27H30N4O4. The first kappa shape index (κ1) is 22.4. The van der Waals surface area contributed by atoms with E-state index in [1.807, 2.05) is 24.4 Å². The molecule has 2 saturated heterocycles. The number of carbonyl (C=O) groups is 3. The SMILES string of the molecule is COCC1N(Cc2ccnc(-c3ccc4c(c3)CN(C3CCC(=O)NC3=O)C4=O)c2)CC12CCC2. The zero-order chi connectivity index (χ0) is 24.2. The van der Waals surface area contributed by atoms with Gasteiger partial charge in [-0.15, -0.1) is 0 Å². The average molecular weight is 475 g/mol. The van der Waals surface area contributed by atoms with Gasteiger partial charge in [0.15, 0.2) is 0 Å². The zero-order valence-corrected chi connectivity index (χ0v) is 20.0. The number of piperidine rings is 1. The molecule has 2 atom stereocenters. The summed E-state index contributed by atoms with van der Waals surface area (Å²) >= 11 is 0. The van der Waals surface area contributed by atoms with Gasteiger partial charge in [-0.1, -0.05) is 12.5 Å². The number of ether oxygens (including phenoxy) is 1. The number of carbonyl (C=O) groups excluding carboxylic acids is 3. The minimum atomic E-state index is -0.604. The molecule has 1 saturated carbocycles. The molecule has 8 nitrogen and oxygen atoms in total. The first-order valence-electron chi connectivity index (χ1n) is 12.4. The number of nitrogens with one attached hydrogen (secondary N) is 1. The molecule has 1 aliphatic carbocycles. The van der Waals surface area contributed by atoms with Gasteiger partial charge >= 0.3 is 0 Å². The van der Waals surface area contributed by atoms with Crippen LogP contribution in [0.3, 0.4) is 0 Å². The van der Waals surface area contributed by atoms with Crippen molar-refractivity contribution in [3.05, 3.63) is 53.2 Å². The number of methoxy groups -OCH3 is 1. The van der Waals surface area contributed by atoms with Gasteiger partial charge in [0.2, 0.25) is 11.8 Å². The Hall–Kier alpha value is -3.10. The molecule has 4 aliphatic rings. The van der Waals surface area contributed by atoms with E-state index in [9.17, 15) is 14.4 Å². The number of hydrogen-bond acceptors (Lipinski definition) is 6. The summed E-state index contributed by atoms with van der Waals surface area (Å²) in [4.78, 5) is 45.5. The molecule has 1 spiro atoms. The van der Waals surface area contributed by atoms with Crippen LogP contribution in [-0.4, -0.2) is 64.9 Å². The number of pyridine rings is 1. The van der Waals surface area contributed by atoms with E-state index in [1.165, 1.54) is 24.8 Å². The first-order chi connectivity index (χ1) is 17.0. The molecule has 0 radical (unpaired) electrons. The summed E-state index contributed by atoms with van der Waals surface area (Å²) in [5.74, 6) is -0.827. The predicted molar refractivity (Wildman–Crippen MR) is 128 cm³/mol. The van der Waals surface area contributed by atoms with E-state index in [2.05, 4.69) is 27.3 Å². The normalized spacial score (nSPS) is 25.3. The lowest BCUT2D eigenvalue weighted by Crippen LogP contribution is -2.68. The van der Waals surface area contributed by atoms with Gasteiger partial charge in [-0.2, -0.15) is 0 Å². The van der Waals surface area contributed by atoms with Gasteiger partial charge < -0.3 is 9.64 Å². The van der Waals surface area contributed by atoms with Crippen molar-refractivity contribution in [3.63, 3.8) is 0 Å². The summed E-state index contributed by atoms with van der Waals surface area (Å²) in [6.07, 6.45) is 6.41. The highest BCUT2D eigenvalue weighted by atomic mass is 16.5. The quantitative estimate of drug-likeness (QED) is 0.647. The molecule has 1 aromatic carbocycles. The number of hydrogen-bond donors (Lipinski definition) is 1. The first-order valence-corrected chi connectivity index (χ1v) is 12.4. The van der Waals surface area contributed by atoms with Gasteiger partial charge in [-0.05, 0) is 54.7 Å². The number of imide groups is 1. The van der Waals surface area contributed by atoms with Crippen LogP contribution >= 0.6 is 0 Å². The summed E-state index contributed by atoms with van der Waals surface area (Å²) in [6.45, 7) is 3.15. The van der Waals surface area contributed by atoms with E-state index >= 15 is 0 Å². The summed E-state index contributed by atoms with van der Waals surface area (Å²) in [5, 5.41) is 2.35. The van der Waals surface area contributed by atoms with E-state index in [-0.39, 0.29) is 18.2 Å². The van der Waals surface area contributed by atoms with Crippen LogP contribution in [0, 0.1) is 5.41 Å². The molecule has 2 aromatic rings. The molecule has 1 aromatic heterocycles. The van der Waals surface area contributed by atoms with Crippen LogP contribution in [0.2, 0.25) is 0 Å². The predicted octanol–water partition coefficient (Wildman–Crippen LogP) is 2.51. The zero-order valence-electron chi connectivity index (χ0n) is 20.0. The van der Waals surface area contributed by atoms with Crippen molar-refractivity contribution in [3.8, 4) is 11.3 Å². The van der Waals surface area contributed by atoms with Gasteiger partial charge in [0.1, 0.15) is 6.04 Å². The Morgan fingerprint density at radius 2 is 2.03 bits per heavy atom. The lowest BCUT2D eigenvalue weighted by molar-refractivity contribution is -0.151. The highest BCUT2D eigenvalue weighted by molar-refractivity contribution is 6.05. The summed E-state index contributed by atoms with van der Waals surface area (Å²) in [5.41, 5.74) is 5.01. The molecule has 3 aliphatic heterocycles. The van der Waals surface area contributed by atoms with E-state index in [1.54, 1.807) is 12.0 Å². The number of aromatic nitrogens is 1. The molecule has 3 amide bonds. The largest absolute Gasteiger partial charge is 0.383 e. The average Bonchev–Trinajstić information content (AvgIpc) is 3.14. The van der Waals surface area contributed by atoms with E-state index in [0.29, 0.717) is 30.0 Å². The minimum Gasteiger partial charge on any atom is -0.383 e. The second kappa shape index (κ2) is 8.53. The molecule has 35 heavy (non-hydrogen) atoms. The smallest absolute Gasteiger partial charge is 0.255 e. The van der Waals surface area contributed by atoms with Crippen LogP contribution in [-0.2, 0) is 27.4 Å². The maximum Gasteiger partial charge on any atom is 0.255 e. The molecule has 4 heterocycles. The highest BCUT2D eigenvalue weighted by Crippen LogP contribution is 2.53. The number of amides is 3. The van der Waals surface area contributed by atoms with Crippen LogP contribution in [0.1, 0.15) is 53.6 Å². The number of benzene rings is 1. The van der Waals surface area contributed by atoms with Crippen molar-refractivity contribution < 1.29 is 19.1 Å². The summed E-state index contributed by atoms with van der Waals surface area (Å²) < 4.78 is 5.53. The third-order valence-corrected chi connectivity index (χ3v) is 8.37. The fraction of sp³-hybridized carbons (Fsp3) is 0.481. The third-order valence-electron chi connectivity index (χ3n) is 8.37. The lowest BCUT2D eigenvalue weighted by atomic mass is 9.58. The highest BCUT2D eigenvalue weighted by Gasteiger charge is 2.55. The Kier molecular flexibility index (Phi) is 5.45. The number of nitrogens with zero attached hydrogens (tertiary/aromatic N) is 3. The van der Waals surface area contributed by atoms with Crippen LogP contribution in [0.25, 0.3) is 11.3 Å². The van der Waals surface area contributed by atoms with Gasteiger partial charge in [-0.25, -0.2) is 0 Å². The third kappa shape index (κ3) is 3.76. The topological polar surface area (TPSA) is 91.8 Å². The summed E-state index contributed by atoms with van der Waals surface area (Å²) in [7, 11) is 1.79. The van der Waals surface area contributed by atoms with Crippen LogP contribution < -0.4 is 5.32 Å². The monoisotopic (exact) mass is 474 g/mol. The minimum absolute atomic E-state index is 0.158. The van der Waals surface area contributed by atoms with E-state index < -0.39 is 11.9 Å². The molecule has 8 heteroatoms. The molecule has 3 fully saturated rings. The van der Waals surface area contributed by atoms with Crippen molar-refractivity contribution in [1.29, 1.82) is 0 Å². The van der Waals surface area contributed by atoms with E-state index in [4.69, 9.17) is 4.74 Å². The molecule has 0 bridgehead atoms. The Bertz CT molecular complexity index is 1210. The second-order valence-corrected chi connectivity index (χ2v) is 10.4. The van der Waals surface area contributed by atoms with E-state index in [0.717, 1.165) is 36.5 Å². The van der Waals surface area contributed by atoms with Crippen molar-refractivity contribution >= 4 is 17.7 Å². The van der Waals surface area contributed by atoms with Crippen molar-refractivity contribution in [2.45, 2.75) is 57.3 Å². The maximum absolute atomic E-state index is 13.0. The van der Waals surface area contributed by atoms with Crippen molar-refractivity contribution in [2.75, 3.05) is 20.3 Å². The lowest BCUT2D eigenvalue weighted by Gasteiger charge is -2.62. The Morgan fingerprint density at radius 1 is 1.17 bits per heavy atom. The van der Waals surface area contributed by atoms with Crippen molar-refractivity contribution in [1.82, 2.24) is 20.1 Å². The Labute approximate surface area is 204 Å². The van der Waals surface area contributed by atoms with Gasteiger partial charge in [0.25, 0.3) is 5.91 Å². The number of rotatable bonds is 6. The summed E-state index contributed by atoms with van der Waals surface area (Å²) in [6, 6.07) is 9.85. The maximum atomic E-state index is 13.0. The molecule has 182 valence electrons. The molecule has 6 rings (SSSR count). The Balaban J connectivity index is 1.18. The number of likely N-dealkylation sites (tertiary alicyclic amines) is 1.